The number of rotatable bonds is 10. The predicted octanol–water partition coefficient (Wildman–Crippen LogP) is 0.706. The highest BCUT2D eigenvalue weighted by molar-refractivity contribution is 7.92. The minimum absolute atomic E-state index is 0.408. The van der Waals surface area contributed by atoms with E-state index in [-0.39, 0.29) is 0 Å². The Morgan fingerprint density at radius 3 is 2.44 bits per heavy atom. The Morgan fingerprint density at radius 1 is 1.22 bits per heavy atom. The number of amides is 1. The van der Waals surface area contributed by atoms with E-state index in [2.05, 4.69) is 17.6 Å². The van der Waals surface area contributed by atoms with Gasteiger partial charge in [0.15, 0.2) is 9.84 Å². The molecule has 1 amide bonds. The van der Waals surface area contributed by atoms with Crippen molar-refractivity contribution in [2.24, 2.45) is 0 Å². The summed E-state index contributed by atoms with van der Waals surface area (Å²) < 4.78 is 23.7. The second-order valence-corrected chi connectivity index (χ2v) is 6.90. The number of hydrogen-bond donors (Lipinski definition) is 2. The summed E-state index contributed by atoms with van der Waals surface area (Å²) in [5, 5.41) is 5.10. The van der Waals surface area contributed by atoms with Crippen LogP contribution in [0.15, 0.2) is 0 Å². The Kier molecular flexibility index (Phi) is 9.01. The van der Waals surface area contributed by atoms with Crippen molar-refractivity contribution >= 4 is 15.7 Å². The van der Waals surface area contributed by atoms with Gasteiger partial charge in [0, 0.05) is 13.1 Å². The van der Waals surface area contributed by atoms with E-state index in [1.807, 2.05) is 0 Å². The molecule has 5 nitrogen and oxygen atoms in total. The van der Waals surface area contributed by atoms with Crippen LogP contribution in [-0.2, 0) is 14.6 Å². The third kappa shape index (κ3) is 7.66. The van der Waals surface area contributed by atoms with Crippen LogP contribution in [0, 0.1) is 0 Å². The minimum Gasteiger partial charge on any atom is -0.356 e. The van der Waals surface area contributed by atoms with Gasteiger partial charge in [-0.25, -0.2) is 8.42 Å². The first-order valence-electron chi connectivity index (χ1n) is 6.63. The molecular weight excluding hydrogens is 252 g/mol. The summed E-state index contributed by atoms with van der Waals surface area (Å²) in [7, 11) is -3.35. The van der Waals surface area contributed by atoms with Crippen molar-refractivity contribution in [3.05, 3.63) is 0 Å². The number of carbonyl (C=O) groups is 1. The number of nitrogens with one attached hydrogen (secondary N) is 2. The van der Waals surface area contributed by atoms with Crippen LogP contribution < -0.4 is 10.6 Å². The molecule has 6 heteroatoms. The van der Waals surface area contributed by atoms with Gasteiger partial charge in [0.05, 0.1) is 5.25 Å². The third-order valence-corrected chi connectivity index (χ3v) is 4.77. The van der Waals surface area contributed by atoms with Crippen molar-refractivity contribution < 1.29 is 13.2 Å². The summed E-state index contributed by atoms with van der Waals surface area (Å²) >= 11 is 0. The van der Waals surface area contributed by atoms with Crippen molar-refractivity contribution in [2.45, 2.75) is 45.3 Å². The summed E-state index contributed by atoms with van der Waals surface area (Å²) in [6, 6.07) is 0. The number of hydrogen-bond acceptors (Lipinski definition) is 4. The highest BCUT2D eigenvalue weighted by atomic mass is 32.2. The van der Waals surface area contributed by atoms with Gasteiger partial charge in [0.25, 0.3) is 0 Å². The quantitative estimate of drug-likeness (QED) is 0.577. The molecule has 0 saturated carbocycles. The summed E-state index contributed by atoms with van der Waals surface area (Å²) in [5.74, 6) is -0.839. The lowest BCUT2D eigenvalue weighted by atomic mass is 10.2. The Hall–Kier alpha value is -0.620. The van der Waals surface area contributed by atoms with E-state index < -0.39 is 26.7 Å². The first-order chi connectivity index (χ1) is 8.44. The van der Waals surface area contributed by atoms with E-state index in [9.17, 15) is 13.2 Å². The summed E-state index contributed by atoms with van der Waals surface area (Å²) in [5.41, 5.74) is 0. The van der Waals surface area contributed by atoms with E-state index in [0.29, 0.717) is 13.1 Å². The van der Waals surface area contributed by atoms with Crippen LogP contribution in [-0.4, -0.2) is 45.0 Å². The van der Waals surface area contributed by atoms with Crippen molar-refractivity contribution in [2.75, 3.05) is 25.4 Å². The molecule has 0 aliphatic rings. The van der Waals surface area contributed by atoms with Gasteiger partial charge in [-0.3, -0.25) is 4.79 Å². The average Bonchev–Trinajstić information content (AvgIpc) is 2.28. The highest BCUT2D eigenvalue weighted by Gasteiger charge is 2.23. The van der Waals surface area contributed by atoms with Gasteiger partial charge in [0.2, 0.25) is 5.91 Å². The summed E-state index contributed by atoms with van der Waals surface area (Å²) in [6.07, 6.45) is 3.35. The molecule has 0 heterocycles. The molecule has 2 N–H and O–H groups in total. The van der Waals surface area contributed by atoms with E-state index in [4.69, 9.17) is 0 Å². The molecule has 0 aromatic rings. The molecule has 0 bridgehead atoms. The third-order valence-electron chi connectivity index (χ3n) is 2.71. The van der Waals surface area contributed by atoms with Crippen molar-refractivity contribution in [3.8, 4) is 0 Å². The lowest BCUT2D eigenvalue weighted by molar-refractivity contribution is -0.118. The molecule has 0 saturated heterocycles. The molecular formula is C12H26N2O3S. The summed E-state index contributed by atoms with van der Waals surface area (Å²) in [6.45, 7) is 7.22. The van der Waals surface area contributed by atoms with Crippen molar-refractivity contribution in [3.63, 3.8) is 0 Å². The Bertz CT molecular complexity index is 328. The van der Waals surface area contributed by atoms with Crippen molar-refractivity contribution in [1.29, 1.82) is 0 Å². The van der Waals surface area contributed by atoms with E-state index in [0.717, 1.165) is 25.8 Å². The molecule has 0 aromatic carbocycles. The molecule has 0 aliphatic heterocycles. The van der Waals surface area contributed by atoms with Gasteiger partial charge < -0.3 is 10.6 Å². The maximum absolute atomic E-state index is 11.8. The van der Waals surface area contributed by atoms with Crippen LogP contribution in [0.3, 0.4) is 0 Å². The van der Waals surface area contributed by atoms with E-state index in [1.165, 1.54) is 0 Å². The molecule has 0 fully saturated rings. The van der Waals surface area contributed by atoms with Crippen LogP contribution >= 0.6 is 0 Å². The fraction of sp³-hybridized carbons (Fsp3) is 0.917. The van der Waals surface area contributed by atoms with E-state index >= 15 is 0 Å². The molecule has 0 aliphatic carbocycles. The lowest BCUT2D eigenvalue weighted by Crippen LogP contribution is -2.38. The standard InChI is InChI=1S/C12H26N2O3S/c1-4-6-7-8-13-9-11(3)18(16,17)10-12(15)14-5-2/h11,13H,4-10H2,1-3H3,(H,14,15). The van der Waals surface area contributed by atoms with Crippen LogP contribution in [0.5, 0.6) is 0 Å². The number of unbranched alkanes of at least 4 members (excludes halogenated alkanes) is 2. The molecule has 0 radical (unpaired) electrons. The second-order valence-electron chi connectivity index (χ2n) is 4.48. The molecule has 0 rings (SSSR count). The van der Waals surface area contributed by atoms with Crippen LogP contribution in [0.25, 0.3) is 0 Å². The Morgan fingerprint density at radius 2 is 1.89 bits per heavy atom. The maximum Gasteiger partial charge on any atom is 0.235 e. The number of sulfone groups is 1. The van der Waals surface area contributed by atoms with Gasteiger partial charge in [0.1, 0.15) is 5.75 Å². The predicted molar refractivity (Wildman–Crippen MR) is 74.3 cm³/mol. The Balaban J connectivity index is 3.99. The molecule has 1 atom stereocenters. The topological polar surface area (TPSA) is 75.3 Å². The smallest absolute Gasteiger partial charge is 0.235 e. The average molecular weight is 278 g/mol. The SMILES string of the molecule is CCCCCNCC(C)S(=O)(=O)CC(=O)NCC. The van der Waals surface area contributed by atoms with Gasteiger partial charge in [-0.15, -0.1) is 0 Å². The van der Waals surface area contributed by atoms with E-state index in [1.54, 1.807) is 13.8 Å². The molecule has 1 unspecified atom stereocenters. The fourth-order valence-electron chi connectivity index (χ4n) is 1.51. The maximum atomic E-state index is 11.8. The lowest BCUT2D eigenvalue weighted by Gasteiger charge is -2.13. The molecule has 0 spiro atoms. The van der Waals surface area contributed by atoms with Crippen LogP contribution in [0.1, 0.15) is 40.0 Å². The summed E-state index contributed by atoms with van der Waals surface area (Å²) in [4.78, 5) is 11.3. The molecule has 18 heavy (non-hydrogen) atoms. The second kappa shape index (κ2) is 9.33. The minimum atomic E-state index is -3.35. The fourth-order valence-corrected chi connectivity index (χ4v) is 2.63. The zero-order valence-corrected chi connectivity index (χ0v) is 12.5. The monoisotopic (exact) mass is 278 g/mol. The first kappa shape index (κ1) is 17.4. The zero-order valence-electron chi connectivity index (χ0n) is 11.7. The van der Waals surface area contributed by atoms with Crippen LogP contribution in [0.2, 0.25) is 0 Å². The van der Waals surface area contributed by atoms with Gasteiger partial charge in [-0.1, -0.05) is 19.8 Å². The first-order valence-corrected chi connectivity index (χ1v) is 8.34. The molecule has 0 aromatic heterocycles. The van der Waals surface area contributed by atoms with Crippen molar-refractivity contribution in [1.82, 2.24) is 10.6 Å². The van der Waals surface area contributed by atoms with Gasteiger partial charge >= 0.3 is 0 Å². The molecule has 108 valence electrons. The van der Waals surface area contributed by atoms with Gasteiger partial charge in [-0.2, -0.15) is 0 Å². The normalized spacial score (nSPS) is 13.3. The zero-order chi connectivity index (χ0) is 14.0. The number of carbonyl (C=O) groups excluding carboxylic acids is 1. The highest BCUT2D eigenvalue weighted by Crippen LogP contribution is 2.01. The largest absolute Gasteiger partial charge is 0.356 e. The van der Waals surface area contributed by atoms with Gasteiger partial charge in [-0.05, 0) is 26.8 Å². The Labute approximate surface area is 111 Å². The van der Waals surface area contributed by atoms with Crippen LogP contribution in [0.4, 0.5) is 0 Å².